The first-order valence-electron chi connectivity index (χ1n) is 5.28. The predicted octanol–water partition coefficient (Wildman–Crippen LogP) is 1.64. The number of nitrogens with zero attached hydrogens (tertiary/aromatic N) is 1. The molecule has 0 unspecified atom stereocenters. The minimum Gasteiger partial charge on any atom is -0.507 e. The van der Waals surface area contributed by atoms with Gasteiger partial charge in [0.15, 0.2) is 5.69 Å². The monoisotopic (exact) mass is 262 g/mol. The normalized spacial score (nSPS) is 10.2. The zero-order valence-electron chi connectivity index (χ0n) is 9.88. The number of phenols is 1. The average molecular weight is 262 g/mol. The predicted molar refractivity (Wildman–Crippen MR) is 64.3 cm³/mol. The van der Waals surface area contributed by atoms with E-state index in [4.69, 9.17) is 9.63 Å². The second-order valence-electron chi connectivity index (χ2n) is 3.81. The van der Waals surface area contributed by atoms with Crippen LogP contribution in [-0.2, 0) is 0 Å². The summed E-state index contributed by atoms with van der Waals surface area (Å²) in [4.78, 5) is 22.4. The molecule has 1 aromatic heterocycles. The zero-order chi connectivity index (χ0) is 14.0. The zero-order valence-corrected chi connectivity index (χ0v) is 9.88. The van der Waals surface area contributed by atoms with Crippen LogP contribution < -0.4 is 5.32 Å². The van der Waals surface area contributed by atoms with Crippen molar-refractivity contribution in [3.8, 4) is 5.75 Å². The molecule has 2 aromatic rings. The van der Waals surface area contributed by atoms with Gasteiger partial charge in [-0.05, 0) is 19.1 Å². The van der Waals surface area contributed by atoms with Gasteiger partial charge in [-0.3, -0.25) is 4.79 Å². The van der Waals surface area contributed by atoms with Crippen molar-refractivity contribution in [3.63, 3.8) is 0 Å². The molecule has 0 saturated heterocycles. The Balaban J connectivity index is 2.18. The van der Waals surface area contributed by atoms with Crippen LogP contribution in [0.3, 0.4) is 0 Å². The summed E-state index contributed by atoms with van der Waals surface area (Å²) < 4.78 is 4.76. The summed E-state index contributed by atoms with van der Waals surface area (Å²) in [5, 5.41) is 24.2. The van der Waals surface area contributed by atoms with E-state index < -0.39 is 17.6 Å². The molecular formula is C12H10N2O5. The van der Waals surface area contributed by atoms with E-state index in [1.54, 1.807) is 6.92 Å². The number of carbonyl (C=O) groups is 2. The molecule has 0 saturated carbocycles. The molecule has 0 atom stereocenters. The molecule has 0 fully saturated rings. The van der Waals surface area contributed by atoms with Crippen molar-refractivity contribution in [2.75, 3.05) is 5.32 Å². The number of aromatic nitrogens is 1. The Labute approximate surface area is 107 Å². The number of amides is 1. The van der Waals surface area contributed by atoms with E-state index in [1.807, 2.05) is 0 Å². The highest BCUT2D eigenvalue weighted by Gasteiger charge is 2.14. The van der Waals surface area contributed by atoms with Crippen LogP contribution in [0.25, 0.3) is 0 Å². The molecule has 19 heavy (non-hydrogen) atoms. The maximum Gasteiger partial charge on any atom is 0.339 e. The van der Waals surface area contributed by atoms with Crippen LogP contribution in [0.5, 0.6) is 5.75 Å². The lowest BCUT2D eigenvalue weighted by molar-refractivity contribution is 0.0693. The van der Waals surface area contributed by atoms with E-state index >= 15 is 0 Å². The van der Waals surface area contributed by atoms with Crippen LogP contribution in [0.4, 0.5) is 5.69 Å². The Morgan fingerprint density at radius 3 is 2.58 bits per heavy atom. The quantitative estimate of drug-likeness (QED) is 0.775. The van der Waals surface area contributed by atoms with Crippen molar-refractivity contribution in [3.05, 3.63) is 41.3 Å². The Morgan fingerprint density at radius 2 is 2.05 bits per heavy atom. The van der Waals surface area contributed by atoms with E-state index in [-0.39, 0.29) is 16.9 Å². The molecule has 1 heterocycles. The van der Waals surface area contributed by atoms with Crippen molar-refractivity contribution in [2.24, 2.45) is 0 Å². The van der Waals surface area contributed by atoms with Crippen LogP contribution in [-0.4, -0.2) is 27.2 Å². The smallest absolute Gasteiger partial charge is 0.339 e. The summed E-state index contributed by atoms with van der Waals surface area (Å²) >= 11 is 0. The summed E-state index contributed by atoms with van der Waals surface area (Å²) in [5.74, 6) is -1.70. The topological polar surface area (TPSA) is 113 Å². The fourth-order valence-corrected chi connectivity index (χ4v) is 1.46. The summed E-state index contributed by atoms with van der Waals surface area (Å²) in [7, 11) is 0. The molecular weight excluding hydrogens is 252 g/mol. The second-order valence-corrected chi connectivity index (χ2v) is 3.81. The number of hydrogen-bond acceptors (Lipinski definition) is 5. The first kappa shape index (κ1) is 12.6. The summed E-state index contributed by atoms with van der Waals surface area (Å²) in [6, 6.07) is 5.17. The largest absolute Gasteiger partial charge is 0.507 e. The number of aromatic carboxylic acids is 1. The number of carbonyl (C=O) groups excluding carboxylic acids is 1. The molecule has 98 valence electrons. The molecule has 0 spiro atoms. The van der Waals surface area contributed by atoms with Gasteiger partial charge >= 0.3 is 5.97 Å². The molecule has 1 aromatic carbocycles. The maximum absolute atomic E-state index is 11.7. The van der Waals surface area contributed by atoms with E-state index in [0.717, 1.165) is 6.07 Å². The fourth-order valence-electron chi connectivity index (χ4n) is 1.46. The minimum absolute atomic E-state index is 0.0966. The lowest BCUT2D eigenvalue weighted by Gasteiger charge is -2.05. The van der Waals surface area contributed by atoms with Crippen molar-refractivity contribution in [2.45, 2.75) is 6.92 Å². The molecule has 3 N–H and O–H groups in total. The van der Waals surface area contributed by atoms with E-state index in [1.165, 1.54) is 18.2 Å². The van der Waals surface area contributed by atoms with Crippen LogP contribution in [0.1, 0.15) is 26.6 Å². The van der Waals surface area contributed by atoms with Crippen molar-refractivity contribution < 1.29 is 24.3 Å². The Bertz CT molecular complexity index is 647. The fraction of sp³-hybridized carbons (Fsp3) is 0.0833. The third-order valence-electron chi connectivity index (χ3n) is 2.35. The molecule has 0 aliphatic heterocycles. The van der Waals surface area contributed by atoms with Gasteiger partial charge in [0.2, 0.25) is 0 Å². The number of aromatic hydroxyl groups is 1. The van der Waals surface area contributed by atoms with Gasteiger partial charge < -0.3 is 20.1 Å². The van der Waals surface area contributed by atoms with Gasteiger partial charge in [0.25, 0.3) is 5.91 Å². The van der Waals surface area contributed by atoms with Gasteiger partial charge in [-0.1, -0.05) is 5.16 Å². The van der Waals surface area contributed by atoms with E-state index in [0.29, 0.717) is 5.76 Å². The molecule has 0 aliphatic carbocycles. The SMILES string of the molecule is Cc1cc(C(=O)Nc2ccc(C(=O)O)c(O)c2)no1. The van der Waals surface area contributed by atoms with Gasteiger partial charge in [-0.15, -0.1) is 0 Å². The number of carboxylic acids is 1. The summed E-state index contributed by atoms with van der Waals surface area (Å²) in [6.45, 7) is 1.65. The van der Waals surface area contributed by atoms with Crippen LogP contribution in [0.15, 0.2) is 28.8 Å². The lowest BCUT2D eigenvalue weighted by atomic mass is 10.2. The number of benzene rings is 1. The first-order chi connectivity index (χ1) is 8.97. The number of anilines is 1. The molecule has 7 heteroatoms. The molecule has 0 bridgehead atoms. The molecule has 0 aliphatic rings. The van der Waals surface area contributed by atoms with Crippen molar-refractivity contribution in [1.82, 2.24) is 5.16 Å². The standard InChI is InChI=1S/C12H10N2O5/c1-6-4-9(14-19-6)11(16)13-7-2-3-8(12(17)18)10(15)5-7/h2-5,15H,1H3,(H,13,16)(H,17,18). The molecule has 2 rings (SSSR count). The van der Waals surface area contributed by atoms with Gasteiger partial charge in [-0.25, -0.2) is 4.79 Å². The van der Waals surface area contributed by atoms with Gasteiger partial charge in [0, 0.05) is 17.8 Å². The van der Waals surface area contributed by atoms with Crippen LogP contribution in [0, 0.1) is 6.92 Å². The Morgan fingerprint density at radius 1 is 1.32 bits per heavy atom. The lowest BCUT2D eigenvalue weighted by Crippen LogP contribution is -2.12. The number of carboxylic acid groups (broad SMARTS) is 1. The van der Waals surface area contributed by atoms with Gasteiger partial charge in [0.1, 0.15) is 17.1 Å². The Kier molecular flexibility index (Phi) is 3.19. The van der Waals surface area contributed by atoms with E-state index in [9.17, 15) is 14.7 Å². The highest BCUT2D eigenvalue weighted by Crippen LogP contribution is 2.22. The maximum atomic E-state index is 11.7. The number of aryl methyl sites for hydroxylation is 1. The molecule has 0 radical (unpaired) electrons. The highest BCUT2D eigenvalue weighted by molar-refractivity contribution is 6.03. The average Bonchev–Trinajstić information content (AvgIpc) is 2.75. The number of hydrogen-bond donors (Lipinski definition) is 3. The molecule has 1 amide bonds. The highest BCUT2D eigenvalue weighted by atomic mass is 16.5. The third kappa shape index (κ3) is 2.71. The van der Waals surface area contributed by atoms with Crippen molar-refractivity contribution >= 4 is 17.6 Å². The van der Waals surface area contributed by atoms with Crippen LogP contribution >= 0.6 is 0 Å². The third-order valence-corrected chi connectivity index (χ3v) is 2.35. The first-order valence-corrected chi connectivity index (χ1v) is 5.28. The number of rotatable bonds is 3. The number of nitrogens with one attached hydrogen (secondary N) is 1. The van der Waals surface area contributed by atoms with Gasteiger partial charge in [-0.2, -0.15) is 0 Å². The van der Waals surface area contributed by atoms with E-state index in [2.05, 4.69) is 10.5 Å². The summed E-state index contributed by atoms with van der Waals surface area (Å²) in [6.07, 6.45) is 0. The molecule has 7 nitrogen and oxygen atoms in total. The summed E-state index contributed by atoms with van der Waals surface area (Å²) in [5.41, 5.74) is 0.114. The Hall–Kier alpha value is -2.83. The van der Waals surface area contributed by atoms with Crippen molar-refractivity contribution in [1.29, 1.82) is 0 Å². The second kappa shape index (κ2) is 4.81. The van der Waals surface area contributed by atoms with Gasteiger partial charge in [0.05, 0.1) is 0 Å². The minimum atomic E-state index is -1.25. The van der Waals surface area contributed by atoms with Crippen LogP contribution in [0.2, 0.25) is 0 Å².